The van der Waals surface area contributed by atoms with Crippen molar-refractivity contribution in [2.75, 3.05) is 5.75 Å². The monoisotopic (exact) mass is 426 g/mol. The Morgan fingerprint density at radius 3 is 2.40 bits per heavy atom. The molecular weight excluding hydrogens is 408 g/mol. The maximum absolute atomic E-state index is 4.98. The van der Waals surface area contributed by atoms with Gasteiger partial charge in [0.25, 0.3) is 0 Å². The van der Waals surface area contributed by atoms with Crippen LogP contribution in [-0.4, -0.2) is 30.8 Å². The summed E-state index contributed by atoms with van der Waals surface area (Å²) < 4.78 is 2.31. The number of rotatable bonds is 3. The number of fused-ring (bicyclic) bond motifs is 5. The van der Waals surface area contributed by atoms with Crippen LogP contribution >= 0.6 is 23.5 Å². The summed E-state index contributed by atoms with van der Waals surface area (Å²) in [4.78, 5) is 6.27. The molecule has 0 saturated heterocycles. The molecule has 146 valence electrons. The van der Waals surface area contributed by atoms with E-state index in [1.54, 1.807) is 11.8 Å². The van der Waals surface area contributed by atoms with Crippen LogP contribution in [0.5, 0.6) is 0 Å². The molecule has 0 aliphatic carbocycles. The van der Waals surface area contributed by atoms with Crippen molar-refractivity contribution < 1.29 is 0 Å². The lowest BCUT2D eigenvalue weighted by atomic mass is 10.0. The summed E-state index contributed by atoms with van der Waals surface area (Å²) in [5.74, 6) is 1.89. The quantitative estimate of drug-likeness (QED) is 0.365. The van der Waals surface area contributed by atoms with Crippen molar-refractivity contribution in [2.24, 2.45) is 0 Å². The molecule has 3 aliphatic rings. The molecule has 0 fully saturated rings. The van der Waals surface area contributed by atoms with E-state index in [2.05, 4.69) is 81.5 Å². The highest BCUT2D eigenvalue weighted by atomic mass is 32.2. The zero-order valence-corrected chi connectivity index (χ0v) is 17.7. The van der Waals surface area contributed by atoms with E-state index in [4.69, 9.17) is 4.98 Å². The fourth-order valence-electron chi connectivity index (χ4n) is 4.11. The summed E-state index contributed by atoms with van der Waals surface area (Å²) in [5, 5.41) is 11.5. The van der Waals surface area contributed by atoms with Crippen LogP contribution < -0.4 is 0 Å². The molecule has 30 heavy (non-hydrogen) atoms. The Kier molecular flexibility index (Phi) is 4.47. The molecular formula is C24H18N4S2. The van der Waals surface area contributed by atoms with Crippen LogP contribution in [-0.2, 0) is 0 Å². The van der Waals surface area contributed by atoms with Crippen LogP contribution in [0.3, 0.4) is 0 Å². The lowest BCUT2D eigenvalue weighted by Gasteiger charge is -2.35. The lowest BCUT2D eigenvalue weighted by Crippen LogP contribution is -2.32. The molecule has 0 N–H and O–H groups in total. The van der Waals surface area contributed by atoms with Crippen LogP contribution in [0.15, 0.2) is 95.0 Å². The second kappa shape index (κ2) is 7.45. The third-order valence-electron chi connectivity index (χ3n) is 5.45. The van der Waals surface area contributed by atoms with Gasteiger partial charge in [-0.15, -0.1) is 22.0 Å². The highest BCUT2D eigenvalue weighted by molar-refractivity contribution is 8.03. The normalized spacial score (nSPS) is 18.5. The van der Waals surface area contributed by atoms with Crippen molar-refractivity contribution in [3.05, 3.63) is 90.5 Å². The molecule has 6 rings (SSSR count). The van der Waals surface area contributed by atoms with E-state index in [-0.39, 0.29) is 6.04 Å². The van der Waals surface area contributed by atoms with E-state index < -0.39 is 0 Å². The van der Waals surface area contributed by atoms with Gasteiger partial charge in [-0.2, -0.15) is 0 Å². The second-order valence-electron chi connectivity index (χ2n) is 7.29. The fraction of sp³-hybridized carbons (Fsp3) is 0.125. The van der Waals surface area contributed by atoms with Crippen molar-refractivity contribution in [3.8, 4) is 11.5 Å². The average molecular weight is 427 g/mol. The second-order valence-corrected chi connectivity index (χ2v) is 9.59. The largest absolute Gasteiger partial charge is 0.293 e. The third kappa shape index (κ3) is 2.99. The molecule has 0 aromatic heterocycles. The van der Waals surface area contributed by atoms with E-state index in [1.807, 2.05) is 30.0 Å². The van der Waals surface area contributed by atoms with Crippen molar-refractivity contribution in [1.82, 2.24) is 19.7 Å². The van der Waals surface area contributed by atoms with Gasteiger partial charge in [0.1, 0.15) is 5.69 Å². The lowest BCUT2D eigenvalue weighted by molar-refractivity contribution is 0.494. The van der Waals surface area contributed by atoms with Crippen molar-refractivity contribution in [2.45, 2.75) is 21.3 Å². The average Bonchev–Trinajstić information content (AvgIpc) is 3.19. The smallest absolute Gasteiger partial charge is 0.192 e. The molecule has 0 amide bonds. The zero-order valence-electron chi connectivity index (χ0n) is 16.1. The molecule has 3 aromatic carbocycles. The van der Waals surface area contributed by atoms with E-state index >= 15 is 0 Å². The minimum absolute atomic E-state index is 0.134. The summed E-state index contributed by atoms with van der Waals surface area (Å²) >= 11 is 3.70. The van der Waals surface area contributed by atoms with Gasteiger partial charge in [-0.05, 0) is 23.8 Å². The highest BCUT2D eigenvalue weighted by Crippen LogP contribution is 2.45. The van der Waals surface area contributed by atoms with E-state index in [1.165, 1.54) is 10.5 Å². The summed E-state index contributed by atoms with van der Waals surface area (Å²) in [7, 11) is 0. The number of para-hydroxylation sites is 1. The van der Waals surface area contributed by atoms with Gasteiger partial charge < -0.3 is 0 Å². The SMILES string of the molecule is c1ccc(S[C@H]2CSc3nnc4c5ccccc5nc-4n3[C@H]2c2ccccc2)cc1. The molecule has 3 aliphatic heterocycles. The summed E-state index contributed by atoms with van der Waals surface area (Å²) in [6.07, 6.45) is 0. The Morgan fingerprint density at radius 2 is 1.57 bits per heavy atom. The Labute approximate surface area is 183 Å². The Balaban J connectivity index is 1.55. The molecule has 0 radical (unpaired) electrons. The van der Waals surface area contributed by atoms with Gasteiger partial charge in [0.2, 0.25) is 0 Å². The Bertz CT molecular complexity index is 1290. The standard InChI is InChI=1S/C24H18N4S2/c1-3-9-16(10-4-1)22-20(30-17-11-5-2-6-12-17)15-29-24-27-26-21-18-13-7-8-14-19(18)25-23(21)28(22)24/h1-14,20,22H,15H2/t20-,22-/m0/s1. The first-order valence-corrected chi connectivity index (χ1v) is 11.8. The predicted molar refractivity (Wildman–Crippen MR) is 123 cm³/mol. The first-order chi connectivity index (χ1) is 14.9. The van der Waals surface area contributed by atoms with Crippen molar-refractivity contribution in [1.29, 1.82) is 0 Å². The number of benzene rings is 3. The van der Waals surface area contributed by atoms with Gasteiger partial charge in [-0.3, -0.25) is 4.57 Å². The molecule has 0 spiro atoms. The van der Waals surface area contributed by atoms with Gasteiger partial charge in [0, 0.05) is 21.3 Å². The van der Waals surface area contributed by atoms with Crippen LogP contribution in [0, 0.1) is 0 Å². The minimum Gasteiger partial charge on any atom is -0.293 e. The predicted octanol–water partition coefficient (Wildman–Crippen LogP) is 5.79. The molecule has 3 aromatic rings. The third-order valence-corrected chi connectivity index (χ3v) is 7.99. The molecule has 4 nitrogen and oxygen atoms in total. The number of hydrogen-bond donors (Lipinski definition) is 0. The molecule has 2 atom stereocenters. The number of hydrogen-bond acceptors (Lipinski definition) is 5. The number of thioether (sulfide) groups is 2. The minimum atomic E-state index is 0.134. The molecule has 0 saturated carbocycles. The number of aromatic nitrogens is 4. The van der Waals surface area contributed by atoms with Gasteiger partial charge in [0.15, 0.2) is 11.0 Å². The van der Waals surface area contributed by atoms with Crippen LogP contribution in [0.25, 0.3) is 22.4 Å². The molecule has 6 heteroatoms. The van der Waals surface area contributed by atoms with E-state index in [0.717, 1.165) is 33.3 Å². The summed E-state index contributed by atoms with van der Waals surface area (Å²) in [6, 6.07) is 29.7. The highest BCUT2D eigenvalue weighted by Gasteiger charge is 2.36. The Hall–Kier alpha value is -2.83. The van der Waals surface area contributed by atoms with Crippen LogP contribution in [0.4, 0.5) is 0 Å². The van der Waals surface area contributed by atoms with Gasteiger partial charge in [-0.1, -0.05) is 78.5 Å². The maximum atomic E-state index is 4.98. The fourth-order valence-corrected chi connectivity index (χ4v) is 6.59. The van der Waals surface area contributed by atoms with Crippen LogP contribution in [0.1, 0.15) is 11.6 Å². The van der Waals surface area contributed by atoms with Gasteiger partial charge >= 0.3 is 0 Å². The first kappa shape index (κ1) is 18.0. The Morgan fingerprint density at radius 1 is 0.833 bits per heavy atom. The molecule has 0 bridgehead atoms. The molecule has 0 unspecified atom stereocenters. The summed E-state index contributed by atoms with van der Waals surface area (Å²) in [5.41, 5.74) is 3.12. The van der Waals surface area contributed by atoms with Crippen molar-refractivity contribution >= 4 is 34.4 Å². The summed E-state index contributed by atoms with van der Waals surface area (Å²) in [6.45, 7) is 0. The zero-order chi connectivity index (χ0) is 19.9. The van der Waals surface area contributed by atoms with Gasteiger partial charge in [0.05, 0.1) is 11.6 Å². The number of nitrogens with zero attached hydrogens (tertiary/aromatic N) is 4. The van der Waals surface area contributed by atoms with Crippen LogP contribution in [0.2, 0.25) is 0 Å². The van der Waals surface area contributed by atoms with Crippen molar-refractivity contribution in [3.63, 3.8) is 0 Å². The molecule has 3 heterocycles. The topological polar surface area (TPSA) is 43.6 Å². The maximum Gasteiger partial charge on any atom is 0.192 e. The van der Waals surface area contributed by atoms with Gasteiger partial charge in [-0.25, -0.2) is 4.98 Å². The van der Waals surface area contributed by atoms with E-state index in [9.17, 15) is 0 Å². The first-order valence-electron chi connectivity index (χ1n) is 9.91. The van der Waals surface area contributed by atoms with E-state index in [0.29, 0.717) is 5.25 Å².